The number of allylic oxidation sites excluding steroid dienone is 2. The van der Waals surface area contributed by atoms with Gasteiger partial charge in [-0.1, -0.05) is 18.7 Å². The molecule has 0 aromatic heterocycles. The molecule has 0 heterocycles. The molecule has 4 heteroatoms. The predicted molar refractivity (Wildman–Crippen MR) is 73.2 cm³/mol. The minimum Gasteiger partial charge on any atom is -0.383 e. The molecule has 0 unspecified atom stereocenters. The number of rotatable bonds is 3. The lowest BCUT2D eigenvalue weighted by atomic mass is 9.89. The van der Waals surface area contributed by atoms with Gasteiger partial charge in [-0.3, -0.25) is 0 Å². The van der Waals surface area contributed by atoms with Crippen molar-refractivity contribution in [1.82, 2.24) is 0 Å². The Labute approximate surface area is 110 Å². The van der Waals surface area contributed by atoms with Crippen LogP contribution in [0.3, 0.4) is 0 Å². The third-order valence-corrected chi connectivity index (χ3v) is 7.57. The summed E-state index contributed by atoms with van der Waals surface area (Å²) in [5, 5.41) is 0. The van der Waals surface area contributed by atoms with E-state index >= 15 is 0 Å². The number of hydrogen-bond acceptors (Lipinski definition) is 3. The van der Waals surface area contributed by atoms with Crippen molar-refractivity contribution in [2.75, 3.05) is 13.7 Å². The summed E-state index contributed by atoms with van der Waals surface area (Å²) in [5.41, 5.74) is 0.812. The second kappa shape index (κ2) is 3.94. The van der Waals surface area contributed by atoms with Crippen molar-refractivity contribution in [2.24, 2.45) is 11.8 Å². The van der Waals surface area contributed by atoms with Crippen LogP contribution in [-0.2, 0) is 14.6 Å². The maximum Gasteiger partial charge on any atom is 0.167 e. The maximum atomic E-state index is 13.0. The smallest absolute Gasteiger partial charge is 0.167 e. The van der Waals surface area contributed by atoms with Gasteiger partial charge in [0.1, 0.15) is 4.75 Å². The molecule has 3 atom stereocenters. The van der Waals surface area contributed by atoms with Crippen LogP contribution in [-0.4, -0.2) is 31.6 Å². The standard InChI is InChI=1S/C14H22O3S/c1-10-11-6-7-12(8-11)14(10,9-17-5)18(15,16)13(2,3)4/h6-7,11-12H,1,8-9H2,2-5H3/t11-,12+,14-/m0/s1. The van der Waals surface area contributed by atoms with Crippen LogP contribution in [0.2, 0.25) is 0 Å². The van der Waals surface area contributed by atoms with E-state index in [1.165, 1.54) is 0 Å². The Balaban J connectivity index is 2.61. The number of methoxy groups -OCH3 is 1. The average Bonchev–Trinajstić information content (AvgIpc) is 2.79. The van der Waals surface area contributed by atoms with Crippen molar-refractivity contribution in [3.05, 3.63) is 24.3 Å². The zero-order valence-electron chi connectivity index (χ0n) is 11.6. The van der Waals surface area contributed by atoms with Crippen molar-refractivity contribution >= 4 is 9.84 Å². The molecule has 1 saturated carbocycles. The molecule has 18 heavy (non-hydrogen) atoms. The van der Waals surface area contributed by atoms with Gasteiger partial charge in [-0.15, -0.1) is 0 Å². The van der Waals surface area contributed by atoms with Crippen LogP contribution >= 0.6 is 0 Å². The fourth-order valence-corrected chi connectivity index (χ4v) is 5.70. The summed E-state index contributed by atoms with van der Waals surface area (Å²) in [4.78, 5) is 0. The van der Waals surface area contributed by atoms with Crippen molar-refractivity contribution < 1.29 is 13.2 Å². The third-order valence-electron chi connectivity index (χ3n) is 4.32. The largest absolute Gasteiger partial charge is 0.383 e. The predicted octanol–water partition coefficient (Wildman–Crippen LogP) is 2.35. The van der Waals surface area contributed by atoms with E-state index in [1.807, 2.05) is 6.08 Å². The Morgan fingerprint density at radius 1 is 1.44 bits per heavy atom. The van der Waals surface area contributed by atoms with E-state index in [4.69, 9.17) is 4.74 Å². The Kier molecular flexibility index (Phi) is 3.02. The summed E-state index contributed by atoms with van der Waals surface area (Å²) in [6.07, 6.45) is 4.97. The van der Waals surface area contributed by atoms with Crippen LogP contribution in [0.5, 0.6) is 0 Å². The molecule has 2 aliphatic rings. The molecule has 1 fully saturated rings. The van der Waals surface area contributed by atoms with Crippen LogP contribution in [0.15, 0.2) is 24.3 Å². The van der Waals surface area contributed by atoms with E-state index < -0.39 is 19.3 Å². The van der Waals surface area contributed by atoms with E-state index in [0.29, 0.717) is 0 Å². The first-order valence-corrected chi connectivity index (χ1v) is 7.77. The van der Waals surface area contributed by atoms with Crippen LogP contribution < -0.4 is 0 Å². The fraction of sp³-hybridized carbons (Fsp3) is 0.714. The monoisotopic (exact) mass is 270 g/mol. The van der Waals surface area contributed by atoms with Crippen molar-refractivity contribution in [2.45, 2.75) is 36.7 Å². The van der Waals surface area contributed by atoms with E-state index in [9.17, 15) is 8.42 Å². The SMILES string of the molecule is C=C1[C@H]2C=C[C@H](C2)[C@@]1(COC)S(=O)(=O)C(C)(C)C. The van der Waals surface area contributed by atoms with Gasteiger partial charge in [0.25, 0.3) is 0 Å². The van der Waals surface area contributed by atoms with Gasteiger partial charge in [0.05, 0.1) is 11.4 Å². The Bertz CT molecular complexity index is 496. The lowest BCUT2D eigenvalue weighted by Crippen LogP contribution is -2.54. The number of ether oxygens (including phenoxy) is 1. The molecule has 3 nitrogen and oxygen atoms in total. The average molecular weight is 270 g/mol. The van der Waals surface area contributed by atoms with Gasteiger partial charge in [-0.2, -0.15) is 0 Å². The summed E-state index contributed by atoms with van der Waals surface area (Å²) >= 11 is 0. The van der Waals surface area contributed by atoms with Crippen molar-refractivity contribution in [3.63, 3.8) is 0 Å². The Morgan fingerprint density at radius 2 is 2.06 bits per heavy atom. The van der Waals surface area contributed by atoms with Gasteiger partial charge in [0, 0.05) is 13.0 Å². The molecule has 0 spiro atoms. The number of sulfone groups is 1. The Morgan fingerprint density at radius 3 is 2.44 bits per heavy atom. The van der Waals surface area contributed by atoms with Crippen molar-refractivity contribution in [3.8, 4) is 0 Å². The second-order valence-electron chi connectivity index (χ2n) is 6.30. The first-order valence-electron chi connectivity index (χ1n) is 6.29. The molecule has 2 aliphatic carbocycles. The summed E-state index contributed by atoms with van der Waals surface area (Å²) < 4.78 is 29.5. The molecule has 0 aromatic rings. The summed E-state index contributed by atoms with van der Waals surface area (Å²) in [7, 11) is -1.80. The van der Waals surface area contributed by atoms with Crippen molar-refractivity contribution in [1.29, 1.82) is 0 Å². The van der Waals surface area contributed by atoms with Crippen LogP contribution in [0, 0.1) is 11.8 Å². The number of fused-ring (bicyclic) bond motifs is 2. The topological polar surface area (TPSA) is 43.4 Å². The summed E-state index contributed by atoms with van der Waals surface area (Å²) in [5.74, 6) is 0.210. The molecule has 102 valence electrons. The van der Waals surface area contributed by atoms with E-state index in [0.717, 1.165) is 12.0 Å². The molecule has 0 amide bonds. The summed E-state index contributed by atoms with van der Waals surface area (Å²) in [6, 6.07) is 0. The lowest BCUT2D eigenvalue weighted by molar-refractivity contribution is 0.164. The normalized spacial score (nSPS) is 35.4. The molecule has 0 aromatic carbocycles. The first-order chi connectivity index (χ1) is 8.18. The zero-order chi connectivity index (χ0) is 13.8. The van der Waals surface area contributed by atoms with E-state index in [1.54, 1.807) is 27.9 Å². The highest BCUT2D eigenvalue weighted by molar-refractivity contribution is 7.94. The first kappa shape index (κ1) is 13.8. The maximum absolute atomic E-state index is 13.0. The molecule has 0 aliphatic heterocycles. The lowest BCUT2D eigenvalue weighted by Gasteiger charge is -2.40. The minimum atomic E-state index is -3.36. The van der Waals surface area contributed by atoms with Gasteiger partial charge in [0.2, 0.25) is 0 Å². The van der Waals surface area contributed by atoms with Gasteiger partial charge in [0.15, 0.2) is 9.84 Å². The molecule has 0 saturated heterocycles. The molecular formula is C14H22O3S. The molecular weight excluding hydrogens is 248 g/mol. The van der Waals surface area contributed by atoms with Crippen LogP contribution in [0.25, 0.3) is 0 Å². The molecule has 0 radical (unpaired) electrons. The highest BCUT2D eigenvalue weighted by Gasteiger charge is 2.62. The molecule has 0 N–H and O–H groups in total. The zero-order valence-corrected chi connectivity index (χ0v) is 12.4. The van der Waals surface area contributed by atoms with E-state index in [-0.39, 0.29) is 18.4 Å². The molecule has 2 bridgehead atoms. The van der Waals surface area contributed by atoms with Gasteiger partial charge in [-0.25, -0.2) is 8.42 Å². The molecule has 2 rings (SSSR count). The van der Waals surface area contributed by atoms with Gasteiger partial charge < -0.3 is 4.74 Å². The minimum absolute atomic E-state index is 0.0131. The van der Waals surface area contributed by atoms with Gasteiger partial charge in [-0.05, 0) is 38.7 Å². The van der Waals surface area contributed by atoms with Crippen LogP contribution in [0.4, 0.5) is 0 Å². The quantitative estimate of drug-likeness (QED) is 0.739. The fourth-order valence-electron chi connectivity index (χ4n) is 3.27. The number of hydrogen-bond donors (Lipinski definition) is 0. The second-order valence-corrected chi connectivity index (χ2v) is 9.26. The van der Waals surface area contributed by atoms with Gasteiger partial charge >= 0.3 is 0 Å². The Hall–Kier alpha value is -0.610. The highest BCUT2D eigenvalue weighted by atomic mass is 32.2. The highest BCUT2D eigenvalue weighted by Crippen LogP contribution is 2.55. The summed E-state index contributed by atoms with van der Waals surface area (Å²) in [6.45, 7) is 9.54. The van der Waals surface area contributed by atoms with E-state index in [2.05, 4.69) is 12.7 Å². The third kappa shape index (κ3) is 1.48. The van der Waals surface area contributed by atoms with Crippen LogP contribution in [0.1, 0.15) is 27.2 Å².